The zero-order valence-electron chi connectivity index (χ0n) is 12.9. The number of hydrogen-bond acceptors (Lipinski definition) is 3. The van der Waals surface area contributed by atoms with Crippen LogP contribution in [0, 0.1) is 12.8 Å². The number of benzene rings is 1. The minimum atomic E-state index is -4.80. The van der Waals surface area contributed by atoms with E-state index in [4.69, 9.17) is 4.52 Å². The smallest absolute Gasteiger partial charge is 0.361 e. The van der Waals surface area contributed by atoms with E-state index in [1.54, 1.807) is 0 Å². The SMILES string of the molecule is Cc1cc(-c2ccc(C34CC3CN(C(=O)C(F)(F)F)C4)cc2)no1. The number of fused-ring (bicyclic) bond motifs is 1. The average molecular weight is 336 g/mol. The van der Waals surface area contributed by atoms with Gasteiger partial charge in [0.15, 0.2) is 0 Å². The quantitative estimate of drug-likeness (QED) is 0.845. The summed E-state index contributed by atoms with van der Waals surface area (Å²) < 4.78 is 42.9. The van der Waals surface area contributed by atoms with Gasteiger partial charge in [-0.25, -0.2) is 0 Å². The fraction of sp³-hybridized carbons (Fsp3) is 0.412. The van der Waals surface area contributed by atoms with Crippen molar-refractivity contribution in [3.05, 3.63) is 41.7 Å². The topological polar surface area (TPSA) is 46.3 Å². The van der Waals surface area contributed by atoms with Crippen molar-refractivity contribution in [1.29, 1.82) is 0 Å². The third-order valence-corrected chi connectivity index (χ3v) is 5.06. The van der Waals surface area contributed by atoms with Crippen molar-refractivity contribution in [2.75, 3.05) is 13.1 Å². The summed E-state index contributed by atoms with van der Waals surface area (Å²) >= 11 is 0. The maximum Gasteiger partial charge on any atom is 0.471 e. The first-order chi connectivity index (χ1) is 11.3. The lowest BCUT2D eigenvalue weighted by Gasteiger charge is -2.22. The number of hydrogen-bond donors (Lipinski definition) is 0. The lowest BCUT2D eigenvalue weighted by molar-refractivity contribution is -0.184. The number of carbonyl (C=O) groups excluding carboxylic acids is 1. The first kappa shape index (κ1) is 15.2. The molecule has 4 rings (SSSR count). The van der Waals surface area contributed by atoms with Crippen molar-refractivity contribution in [1.82, 2.24) is 10.1 Å². The lowest BCUT2D eigenvalue weighted by Crippen LogP contribution is -2.41. The van der Waals surface area contributed by atoms with Gasteiger partial charge in [0.05, 0.1) is 0 Å². The number of carbonyl (C=O) groups is 1. The first-order valence-electron chi connectivity index (χ1n) is 7.70. The number of aromatic nitrogens is 1. The Morgan fingerprint density at radius 2 is 2.04 bits per heavy atom. The number of halogens is 3. The summed E-state index contributed by atoms with van der Waals surface area (Å²) in [5.74, 6) is -0.903. The van der Waals surface area contributed by atoms with Crippen molar-refractivity contribution in [2.45, 2.75) is 24.9 Å². The highest BCUT2D eigenvalue weighted by Gasteiger charge is 2.63. The number of alkyl halides is 3. The van der Waals surface area contributed by atoms with Crippen molar-refractivity contribution in [3.8, 4) is 11.3 Å². The van der Waals surface area contributed by atoms with Crippen molar-refractivity contribution < 1.29 is 22.5 Å². The molecule has 0 radical (unpaired) electrons. The van der Waals surface area contributed by atoms with E-state index in [0.29, 0.717) is 5.76 Å². The molecular weight excluding hydrogens is 321 g/mol. The Morgan fingerprint density at radius 1 is 1.33 bits per heavy atom. The molecule has 2 heterocycles. The molecule has 1 aliphatic heterocycles. The van der Waals surface area contributed by atoms with Gasteiger partial charge in [-0.3, -0.25) is 4.79 Å². The molecule has 0 N–H and O–H groups in total. The third-order valence-electron chi connectivity index (χ3n) is 5.06. The van der Waals surface area contributed by atoms with Gasteiger partial charge < -0.3 is 9.42 Å². The van der Waals surface area contributed by atoms with E-state index in [0.717, 1.165) is 28.1 Å². The molecule has 2 atom stereocenters. The molecule has 1 saturated heterocycles. The summed E-state index contributed by atoms with van der Waals surface area (Å²) in [5.41, 5.74) is 2.28. The zero-order chi connectivity index (χ0) is 17.1. The van der Waals surface area contributed by atoms with Crippen LogP contribution in [0.3, 0.4) is 0 Å². The van der Waals surface area contributed by atoms with Crippen LogP contribution in [0.4, 0.5) is 13.2 Å². The number of aryl methyl sites for hydroxylation is 1. The predicted octanol–water partition coefficient (Wildman–Crippen LogP) is 3.31. The molecule has 2 aliphatic rings. The second-order valence-electron chi connectivity index (χ2n) is 6.64. The van der Waals surface area contributed by atoms with Gasteiger partial charge >= 0.3 is 12.1 Å². The Morgan fingerprint density at radius 3 is 2.62 bits per heavy atom. The van der Waals surface area contributed by atoms with E-state index in [9.17, 15) is 18.0 Å². The number of amides is 1. The first-order valence-corrected chi connectivity index (χ1v) is 7.70. The second-order valence-corrected chi connectivity index (χ2v) is 6.64. The summed E-state index contributed by atoms with van der Waals surface area (Å²) in [4.78, 5) is 12.4. The highest BCUT2D eigenvalue weighted by atomic mass is 19.4. The number of rotatable bonds is 2. The molecular formula is C17H15F3N2O2. The second kappa shape index (κ2) is 4.84. The molecule has 126 valence electrons. The Balaban J connectivity index is 1.54. The van der Waals surface area contributed by atoms with E-state index in [2.05, 4.69) is 5.16 Å². The van der Waals surface area contributed by atoms with Gasteiger partial charge in [0, 0.05) is 30.1 Å². The van der Waals surface area contributed by atoms with Crippen molar-refractivity contribution >= 4 is 5.91 Å². The zero-order valence-corrected chi connectivity index (χ0v) is 12.9. The van der Waals surface area contributed by atoms with E-state index >= 15 is 0 Å². The van der Waals surface area contributed by atoms with Crippen LogP contribution >= 0.6 is 0 Å². The monoisotopic (exact) mass is 336 g/mol. The molecule has 2 fully saturated rings. The molecule has 1 aliphatic carbocycles. The van der Waals surface area contributed by atoms with Gasteiger partial charge in [-0.05, 0) is 24.8 Å². The van der Waals surface area contributed by atoms with Crippen molar-refractivity contribution in [3.63, 3.8) is 0 Å². The normalized spacial score (nSPS) is 25.7. The molecule has 7 heteroatoms. The van der Waals surface area contributed by atoms with Gasteiger partial charge in [0.1, 0.15) is 11.5 Å². The Labute approximate surface area is 136 Å². The minimum absolute atomic E-state index is 0.115. The fourth-order valence-electron chi connectivity index (χ4n) is 3.74. The molecule has 24 heavy (non-hydrogen) atoms. The van der Waals surface area contributed by atoms with Gasteiger partial charge in [-0.15, -0.1) is 0 Å². The van der Waals surface area contributed by atoms with Crippen molar-refractivity contribution in [2.24, 2.45) is 5.92 Å². The Hall–Kier alpha value is -2.31. The highest BCUT2D eigenvalue weighted by Crippen LogP contribution is 2.59. The van der Waals surface area contributed by atoms with Crippen LogP contribution in [0.15, 0.2) is 34.9 Å². The maximum atomic E-state index is 12.6. The van der Waals surface area contributed by atoms with E-state index in [1.165, 1.54) is 0 Å². The fourth-order valence-corrected chi connectivity index (χ4v) is 3.74. The summed E-state index contributed by atoms with van der Waals surface area (Å²) in [6.45, 7) is 2.13. The lowest BCUT2D eigenvalue weighted by atomic mass is 9.93. The minimum Gasteiger partial charge on any atom is -0.361 e. The summed E-state index contributed by atoms with van der Waals surface area (Å²) in [6, 6.07) is 9.45. The number of nitrogens with zero attached hydrogens (tertiary/aromatic N) is 2. The molecule has 1 amide bonds. The highest BCUT2D eigenvalue weighted by molar-refractivity contribution is 5.82. The molecule has 1 saturated carbocycles. The molecule has 0 spiro atoms. The molecule has 0 bridgehead atoms. The molecule has 2 aromatic rings. The molecule has 1 aromatic carbocycles. The van der Waals surface area contributed by atoms with Gasteiger partial charge in [0.25, 0.3) is 0 Å². The van der Waals surface area contributed by atoms with E-state index in [-0.39, 0.29) is 24.4 Å². The van der Waals surface area contributed by atoms with Crippen LogP contribution in [0.5, 0.6) is 0 Å². The van der Waals surface area contributed by atoms with Crippen LogP contribution in [0.1, 0.15) is 17.7 Å². The van der Waals surface area contributed by atoms with Crippen LogP contribution in [-0.2, 0) is 10.2 Å². The number of piperidine rings is 1. The molecule has 2 unspecified atom stereocenters. The van der Waals surface area contributed by atoms with Crippen LogP contribution in [0.2, 0.25) is 0 Å². The number of likely N-dealkylation sites (tertiary alicyclic amines) is 1. The summed E-state index contributed by atoms with van der Waals surface area (Å²) in [7, 11) is 0. The predicted molar refractivity (Wildman–Crippen MR) is 79.1 cm³/mol. The Kier molecular flexibility index (Phi) is 3.07. The van der Waals surface area contributed by atoms with Gasteiger partial charge in [-0.2, -0.15) is 13.2 Å². The molecule has 4 nitrogen and oxygen atoms in total. The average Bonchev–Trinajstić information content (AvgIpc) is 2.90. The van der Waals surface area contributed by atoms with Gasteiger partial charge in [0.2, 0.25) is 0 Å². The Bertz CT molecular complexity index is 797. The summed E-state index contributed by atoms with van der Waals surface area (Å²) in [5, 5.41) is 3.95. The maximum absolute atomic E-state index is 12.6. The van der Waals surface area contributed by atoms with E-state index in [1.807, 2.05) is 37.3 Å². The van der Waals surface area contributed by atoms with Crippen LogP contribution < -0.4 is 0 Å². The standard InChI is InChI=1S/C17H15F3N2O2/c1-10-6-14(21-24-10)11-2-4-12(5-3-11)16-7-13(16)8-22(9-16)15(23)17(18,19)20/h2-6,13H,7-9H2,1H3. The van der Waals surface area contributed by atoms with Crippen LogP contribution in [-0.4, -0.2) is 35.2 Å². The summed E-state index contributed by atoms with van der Waals surface area (Å²) in [6.07, 6.45) is -3.97. The van der Waals surface area contributed by atoms with E-state index < -0.39 is 12.1 Å². The van der Waals surface area contributed by atoms with Gasteiger partial charge in [-0.1, -0.05) is 29.4 Å². The largest absolute Gasteiger partial charge is 0.471 e. The molecule has 1 aromatic heterocycles. The van der Waals surface area contributed by atoms with Crippen LogP contribution in [0.25, 0.3) is 11.3 Å². The third kappa shape index (κ3) is 2.30.